The molecule has 0 spiro atoms. The van der Waals surface area contributed by atoms with Gasteiger partial charge in [-0.25, -0.2) is 0 Å². The van der Waals surface area contributed by atoms with Crippen LogP contribution in [-0.2, 0) is 22.6 Å². The first kappa shape index (κ1) is 13.6. The standard InChI is InChI=1S/C14H19N3O2S/c18-13(16-11-1-2-11)7-15-8-14(19)17-5-3-12-10(9-17)4-6-20-12/h4,6,11,15H,1-3,5,7-9H2,(H,16,18). The first-order valence-electron chi connectivity index (χ1n) is 7.05. The summed E-state index contributed by atoms with van der Waals surface area (Å²) in [5, 5.41) is 7.91. The van der Waals surface area contributed by atoms with E-state index in [4.69, 9.17) is 0 Å². The van der Waals surface area contributed by atoms with Crippen molar-refractivity contribution >= 4 is 23.2 Å². The van der Waals surface area contributed by atoms with E-state index in [0.29, 0.717) is 12.6 Å². The number of nitrogens with zero attached hydrogens (tertiary/aromatic N) is 1. The van der Waals surface area contributed by atoms with Crippen molar-refractivity contribution < 1.29 is 9.59 Å². The van der Waals surface area contributed by atoms with Crippen molar-refractivity contribution in [2.24, 2.45) is 0 Å². The van der Waals surface area contributed by atoms with Crippen molar-refractivity contribution in [3.63, 3.8) is 0 Å². The second-order valence-electron chi connectivity index (χ2n) is 5.38. The second-order valence-corrected chi connectivity index (χ2v) is 6.38. The van der Waals surface area contributed by atoms with Gasteiger partial charge < -0.3 is 10.2 Å². The van der Waals surface area contributed by atoms with Gasteiger partial charge in [0, 0.05) is 24.0 Å². The summed E-state index contributed by atoms with van der Waals surface area (Å²) in [6, 6.07) is 2.47. The van der Waals surface area contributed by atoms with E-state index in [1.54, 1.807) is 11.3 Å². The van der Waals surface area contributed by atoms with E-state index in [1.807, 2.05) is 4.90 Å². The summed E-state index contributed by atoms with van der Waals surface area (Å²) in [6.07, 6.45) is 3.11. The van der Waals surface area contributed by atoms with Gasteiger partial charge in [0.25, 0.3) is 0 Å². The van der Waals surface area contributed by atoms with E-state index in [0.717, 1.165) is 25.8 Å². The second kappa shape index (κ2) is 5.93. The Kier molecular flexibility index (Phi) is 4.03. The van der Waals surface area contributed by atoms with Crippen molar-refractivity contribution in [3.05, 3.63) is 21.9 Å². The van der Waals surface area contributed by atoms with Crippen LogP contribution in [0.1, 0.15) is 23.3 Å². The highest BCUT2D eigenvalue weighted by Gasteiger charge is 2.23. The maximum absolute atomic E-state index is 12.1. The minimum Gasteiger partial charge on any atom is -0.352 e. The van der Waals surface area contributed by atoms with Crippen LogP contribution in [0.25, 0.3) is 0 Å². The molecule has 0 aromatic carbocycles. The van der Waals surface area contributed by atoms with Crippen LogP contribution in [0.3, 0.4) is 0 Å². The first-order chi connectivity index (χ1) is 9.72. The van der Waals surface area contributed by atoms with Crippen LogP contribution >= 0.6 is 11.3 Å². The van der Waals surface area contributed by atoms with E-state index in [2.05, 4.69) is 22.1 Å². The summed E-state index contributed by atoms with van der Waals surface area (Å²) in [6.45, 7) is 1.94. The van der Waals surface area contributed by atoms with E-state index >= 15 is 0 Å². The van der Waals surface area contributed by atoms with Crippen molar-refractivity contribution in [2.75, 3.05) is 19.6 Å². The lowest BCUT2D eigenvalue weighted by Gasteiger charge is -2.27. The maximum atomic E-state index is 12.1. The lowest BCUT2D eigenvalue weighted by atomic mass is 10.1. The molecule has 1 fully saturated rings. The summed E-state index contributed by atoms with van der Waals surface area (Å²) in [5.41, 5.74) is 1.26. The molecule has 5 nitrogen and oxygen atoms in total. The van der Waals surface area contributed by atoms with Gasteiger partial charge in [0.15, 0.2) is 0 Å². The monoisotopic (exact) mass is 293 g/mol. The van der Waals surface area contributed by atoms with Crippen molar-refractivity contribution in [1.29, 1.82) is 0 Å². The zero-order chi connectivity index (χ0) is 13.9. The van der Waals surface area contributed by atoms with Gasteiger partial charge in [-0.3, -0.25) is 14.9 Å². The Balaban J connectivity index is 1.40. The summed E-state index contributed by atoms with van der Waals surface area (Å²) in [7, 11) is 0. The van der Waals surface area contributed by atoms with Gasteiger partial charge in [-0.05, 0) is 36.3 Å². The Labute approximate surface area is 122 Å². The molecule has 1 aliphatic carbocycles. The molecular weight excluding hydrogens is 274 g/mol. The van der Waals surface area contributed by atoms with Crippen LogP contribution in [-0.4, -0.2) is 42.4 Å². The summed E-state index contributed by atoms with van der Waals surface area (Å²) < 4.78 is 0. The molecule has 2 heterocycles. The fraction of sp³-hybridized carbons (Fsp3) is 0.571. The van der Waals surface area contributed by atoms with Crippen LogP contribution in [0.4, 0.5) is 0 Å². The predicted molar refractivity (Wildman–Crippen MR) is 77.5 cm³/mol. The topological polar surface area (TPSA) is 61.4 Å². The van der Waals surface area contributed by atoms with Gasteiger partial charge in [0.1, 0.15) is 0 Å². The average molecular weight is 293 g/mol. The zero-order valence-corrected chi connectivity index (χ0v) is 12.2. The normalized spacial score (nSPS) is 17.7. The third-order valence-corrected chi connectivity index (χ3v) is 4.69. The van der Waals surface area contributed by atoms with E-state index in [1.165, 1.54) is 10.4 Å². The van der Waals surface area contributed by atoms with Gasteiger partial charge in [-0.15, -0.1) is 11.3 Å². The molecule has 108 valence electrons. The molecule has 1 aromatic heterocycles. The fourth-order valence-corrected chi connectivity index (χ4v) is 3.25. The molecule has 2 N–H and O–H groups in total. The molecule has 0 bridgehead atoms. The Morgan fingerprint density at radius 1 is 1.35 bits per heavy atom. The molecule has 0 atom stereocenters. The number of fused-ring (bicyclic) bond motifs is 1. The van der Waals surface area contributed by atoms with Crippen molar-refractivity contribution in [2.45, 2.75) is 31.8 Å². The number of hydrogen-bond acceptors (Lipinski definition) is 4. The SMILES string of the molecule is O=C(CNCC(=O)N1CCc2sccc2C1)NC1CC1. The number of hydrogen-bond donors (Lipinski definition) is 2. The molecule has 20 heavy (non-hydrogen) atoms. The summed E-state index contributed by atoms with van der Waals surface area (Å²) >= 11 is 1.77. The predicted octanol–water partition coefficient (Wildman–Crippen LogP) is 0.501. The third kappa shape index (κ3) is 3.37. The van der Waals surface area contributed by atoms with Gasteiger partial charge in [0.2, 0.25) is 11.8 Å². The number of nitrogens with one attached hydrogen (secondary N) is 2. The number of amides is 2. The Hall–Kier alpha value is -1.40. The minimum absolute atomic E-state index is 0.0148. The molecule has 0 unspecified atom stereocenters. The van der Waals surface area contributed by atoms with E-state index < -0.39 is 0 Å². The smallest absolute Gasteiger partial charge is 0.236 e. The van der Waals surface area contributed by atoms with Crippen LogP contribution in [0.2, 0.25) is 0 Å². The Bertz CT molecular complexity index is 510. The first-order valence-corrected chi connectivity index (χ1v) is 7.93. The summed E-state index contributed by atoms with van der Waals surface area (Å²) in [4.78, 5) is 26.8. The number of thiophene rings is 1. The van der Waals surface area contributed by atoms with Crippen LogP contribution < -0.4 is 10.6 Å². The Morgan fingerprint density at radius 3 is 3.00 bits per heavy atom. The third-order valence-electron chi connectivity index (χ3n) is 3.66. The van der Waals surface area contributed by atoms with Crippen LogP contribution in [0, 0.1) is 0 Å². The highest BCUT2D eigenvalue weighted by Crippen LogP contribution is 2.23. The number of carbonyl (C=O) groups excluding carboxylic acids is 2. The molecule has 0 radical (unpaired) electrons. The quantitative estimate of drug-likeness (QED) is 0.831. The molecule has 0 saturated heterocycles. The molecule has 1 aromatic rings. The van der Waals surface area contributed by atoms with Gasteiger partial charge in [-0.1, -0.05) is 0 Å². The van der Waals surface area contributed by atoms with Gasteiger partial charge in [0.05, 0.1) is 13.1 Å². The van der Waals surface area contributed by atoms with E-state index in [9.17, 15) is 9.59 Å². The maximum Gasteiger partial charge on any atom is 0.236 e. The lowest BCUT2D eigenvalue weighted by Crippen LogP contribution is -2.43. The van der Waals surface area contributed by atoms with Crippen molar-refractivity contribution in [3.8, 4) is 0 Å². The van der Waals surface area contributed by atoms with Crippen molar-refractivity contribution in [1.82, 2.24) is 15.5 Å². The molecular formula is C14H19N3O2S. The lowest BCUT2D eigenvalue weighted by molar-refractivity contribution is -0.131. The largest absolute Gasteiger partial charge is 0.352 e. The minimum atomic E-state index is -0.0148. The van der Waals surface area contributed by atoms with Crippen LogP contribution in [0.15, 0.2) is 11.4 Å². The highest BCUT2D eigenvalue weighted by atomic mass is 32.1. The highest BCUT2D eigenvalue weighted by molar-refractivity contribution is 7.10. The van der Waals surface area contributed by atoms with Crippen LogP contribution in [0.5, 0.6) is 0 Å². The molecule has 6 heteroatoms. The Morgan fingerprint density at radius 2 is 2.20 bits per heavy atom. The molecule has 1 saturated carbocycles. The fourth-order valence-electron chi connectivity index (χ4n) is 2.36. The number of rotatable bonds is 5. The van der Waals surface area contributed by atoms with Gasteiger partial charge >= 0.3 is 0 Å². The zero-order valence-electron chi connectivity index (χ0n) is 11.4. The van der Waals surface area contributed by atoms with E-state index in [-0.39, 0.29) is 24.9 Å². The summed E-state index contributed by atoms with van der Waals surface area (Å²) in [5.74, 6) is 0.0557. The molecule has 1 aliphatic heterocycles. The number of carbonyl (C=O) groups is 2. The molecule has 2 aliphatic rings. The molecule has 2 amide bonds. The van der Waals surface area contributed by atoms with Gasteiger partial charge in [-0.2, -0.15) is 0 Å². The molecule has 3 rings (SSSR count). The average Bonchev–Trinajstić information content (AvgIpc) is 3.12.